The predicted molar refractivity (Wildman–Crippen MR) is 126 cm³/mol. The lowest BCUT2D eigenvalue weighted by molar-refractivity contribution is -0.118. The maximum absolute atomic E-state index is 13.1. The molecule has 9 nitrogen and oxygen atoms in total. The van der Waals surface area contributed by atoms with E-state index in [4.69, 9.17) is 16.2 Å². The minimum Gasteiger partial charge on any atom is -0.445 e. The van der Waals surface area contributed by atoms with E-state index in [1.807, 2.05) is 60.7 Å². The summed E-state index contributed by atoms with van der Waals surface area (Å²) in [7, 11) is 0. The molecule has 9 heteroatoms. The molecule has 0 spiro atoms. The number of nitrogens with two attached hydrogens (primary N) is 2. The first-order chi connectivity index (χ1) is 16.3. The Morgan fingerprint density at radius 3 is 1.82 bits per heavy atom. The fraction of sp³-hybridized carbons (Fsp3) is 0.120. The Morgan fingerprint density at radius 1 is 0.765 bits per heavy atom. The fourth-order valence-electron chi connectivity index (χ4n) is 3.18. The van der Waals surface area contributed by atoms with Crippen molar-refractivity contribution in [3.63, 3.8) is 0 Å². The molecule has 0 heterocycles. The van der Waals surface area contributed by atoms with Gasteiger partial charge in [0.1, 0.15) is 12.6 Å². The van der Waals surface area contributed by atoms with Crippen LogP contribution in [0.2, 0.25) is 0 Å². The number of rotatable bonds is 9. The third-order valence-electron chi connectivity index (χ3n) is 4.87. The van der Waals surface area contributed by atoms with Gasteiger partial charge in [0.2, 0.25) is 17.7 Å². The third-order valence-corrected chi connectivity index (χ3v) is 4.87. The van der Waals surface area contributed by atoms with Crippen molar-refractivity contribution in [2.75, 3.05) is 5.32 Å². The van der Waals surface area contributed by atoms with Crippen LogP contribution in [0.3, 0.4) is 0 Å². The molecule has 0 fully saturated rings. The number of carbonyl (C=O) groups is 4. The van der Waals surface area contributed by atoms with E-state index in [-0.39, 0.29) is 29.8 Å². The van der Waals surface area contributed by atoms with Gasteiger partial charge in [-0.05, 0) is 29.3 Å². The summed E-state index contributed by atoms with van der Waals surface area (Å²) in [5.74, 6) is -2.17. The lowest BCUT2D eigenvalue weighted by Crippen LogP contribution is -2.45. The summed E-state index contributed by atoms with van der Waals surface area (Å²) in [5, 5.41) is 5.18. The number of carbonyl (C=O) groups excluding carboxylic acids is 4. The smallest absolute Gasteiger partial charge is 0.408 e. The molecule has 174 valence electrons. The van der Waals surface area contributed by atoms with Gasteiger partial charge in [-0.25, -0.2) is 4.79 Å². The van der Waals surface area contributed by atoms with Gasteiger partial charge in [0.25, 0.3) is 0 Å². The maximum Gasteiger partial charge on any atom is 0.408 e. The molecule has 0 aliphatic carbocycles. The quantitative estimate of drug-likeness (QED) is 0.386. The zero-order valence-corrected chi connectivity index (χ0v) is 18.2. The molecule has 0 aliphatic heterocycles. The second kappa shape index (κ2) is 11.3. The van der Waals surface area contributed by atoms with Gasteiger partial charge in [-0.2, -0.15) is 0 Å². The second-order valence-electron chi connectivity index (χ2n) is 7.47. The van der Waals surface area contributed by atoms with Gasteiger partial charge >= 0.3 is 6.09 Å². The van der Waals surface area contributed by atoms with Crippen LogP contribution in [0, 0.1) is 0 Å². The van der Waals surface area contributed by atoms with Crippen molar-refractivity contribution < 1.29 is 23.9 Å². The third kappa shape index (κ3) is 6.92. The van der Waals surface area contributed by atoms with Gasteiger partial charge < -0.3 is 26.8 Å². The molecule has 4 amide bonds. The summed E-state index contributed by atoms with van der Waals surface area (Å²) in [4.78, 5) is 48.7. The summed E-state index contributed by atoms with van der Waals surface area (Å²) in [5.41, 5.74) is 12.4. The molecule has 0 aliphatic rings. The van der Waals surface area contributed by atoms with Gasteiger partial charge in [0.15, 0.2) is 0 Å². The van der Waals surface area contributed by atoms with Crippen LogP contribution in [0.15, 0.2) is 78.9 Å². The molecule has 0 saturated heterocycles. The first-order valence-corrected chi connectivity index (χ1v) is 10.4. The second-order valence-corrected chi connectivity index (χ2v) is 7.47. The Morgan fingerprint density at radius 2 is 1.29 bits per heavy atom. The lowest BCUT2D eigenvalue weighted by atomic mass is 10.0. The summed E-state index contributed by atoms with van der Waals surface area (Å²) < 4.78 is 5.25. The van der Waals surface area contributed by atoms with Crippen molar-refractivity contribution in [3.8, 4) is 0 Å². The van der Waals surface area contributed by atoms with Crippen molar-refractivity contribution in [2.24, 2.45) is 11.5 Å². The number of alkyl carbamates (subject to hydrolysis) is 1. The highest BCUT2D eigenvalue weighted by Gasteiger charge is 2.23. The first-order valence-electron chi connectivity index (χ1n) is 10.4. The molecule has 0 aromatic heterocycles. The molecule has 34 heavy (non-hydrogen) atoms. The van der Waals surface area contributed by atoms with E-state index in [9.17, 15) is 19.2 Å². The zero-order chi connectivity index (χ0) is 24.5. The number of hydrogen-bond acceptors (Lipinski definition) is 5. The molecule has 6 N–H and O–H groups in total. The minimum atomic E-state index is -1.01. The average molecular weight is 460 g/mol. The molecule has 1 atom stereocenters. The molecule has 3 aromatic carbocycles. The molecule has 0 bridgehead atoms. The maximum atomic E-state index is 13.1. The Labute approximate surface area is 196 Å². The van der Waals surface area contributed by atoms with Crippen molar-refractivity contribution in [1.82, 2.24) is 5.32 Å². The van der Waals surface area contributed by atoms with E-state index in [2.05, 4.69) is 10.6 Å². The molecule has 3 rings (SSSR count). The van der Waals surface area contributed by atoms with Crippen molar-refractivity contribution in [3.05, 3.63) is 101 Å². The molecule has 0 saturated carbocycles. The number of primary amides is 2. The number of ether oxygens (including phenoxy) is 1. The summed E-state index contributed by atoms with van der Waals surface area (Å²) in [6.07, 6.45) is -0.602. The number of amides is 4. The lowest BCUT2D eigenvalue weighted by Gasteiger charge is -2.19. The average Bonchev–Trinajstić information content (AvgIpc) is 2.83. The molecular weight excluding hydrogens is 436 g/mol. The number of hydrogen-bond donors (Lipinski definition) is 4. The number of nitrogens with one attached hydrogen (secondary N) is 2. The highest BCUT2D eigenvalue weighted by atomic mass is 16.5. The Kier molecular flexibility index (Phi) is 7.96. The largest absolute Gasteiger partial charge is 0.445 e. The van der Waals surface area contributed by atoms with Gasteiger partial charge in [0.05, 0.1) is 0 Å². The standard InChI is InChI=1S/C25H24N4O5/c26-22(30)18-12-19(23(27)31)14-20(13-18)28-24(32)21(11-16-7-3-1-4-8-16)29-25(33)34-15-17-9-5-2-6-10-17/h1-10,12-14,21H,11,15H2,(H2,26,30)(H2,27,31)(H,28,32)(H,29,33)/t21-/m1/s1. The molecule has 3 aromatic rings. The van der Waals surface area contributed by atoms with Crippen molar-refractivity contribution in [2.45, 2.75) is 19.1 Å². The van der Waals surface area contributed by atoms with Crippen LogP contribution >= 0.6 is 0 Å². The van der Waals surface area contributed by atoms with Crippen molar-refractivity contribution in [1.29, 1.82) is 0 Å². The minimum absolute atomic E-state index is 0.00133. The Hall–Kier alpha value is -4.66. The zero-order valence-electron chi connectivity index (χ0n) is 18.2. The Balaban J connectivity index is 1.77. The highest BCUT2D eigenvalue weighted by Crippen LogP contribution is 2.16. The number of benzene rings is 3. The van der Waals surface area contributed by atoms with E-state index in [1.54, 1.807) is 0 Å². The molecular formula is C25H24N4O5. The van der Waals surface area contributed by atoms with Crippen LogP contribution in [0.5, 0.6) is 0 Å². The monoisotopic (exact) mass is 460 g/mol. The topological polar surface area (TPSA) is 154 Å². The SMILES string of the molecule is NC(=O)c1cc(NC(=O)[C@@H](Cc2ccccc2)NC(=O)OCc2ccccc2)cc(C(N)=O)c1. The van der Waals surface area contributed by atoms with E-state index in [0.717, 1.165) is 11.1 Å². The van der Waals surface area contributed by atoms with Crippen LogP contribution in [0.25, 0.3) is 0 Å². The van der Waals surface area contributed by atoms with Crippen molar-refractivity contribution >= 4 is 29.5 Å². The van der Waals surface area contributed by atoms with Gasteiger partial charge in [-0.15, -0.1) is 0 Å². The summed E-state index contributed by atoms with van der Waals surface area (Å²) in [6.45, 7) is 0.0367. The van der Waals surface area contributed by atoms with E-state index in [0.29, 0.717) is 0 Å². The molecule has 0 unspecified atom stereocenters. The van der Waals surface area contributed by atoms with Crippen LogP contribution in [0.1, 0.15) is 31.8 Å². The van der Waals surface area contributed by atoms with Crippen LogP contribution in [-0.4, -0.2) is 29.9 Å². The van der Waals surface area contributed by atoms with E-state index in [1.165, 1.54) is 18.2 Å². The van der Waals surface area contributed by atoms with Gasteiger partial charge in [0, 0.05) is 23.2 Å². The van der Waals surface area contributed by atoms with Gasteiger partial charge in [-0.3, -0.25) is 14.4 Å². The predicted octanol–water partition coefficient (Wildman–Crippen LogP) is 2.36. The first kappa shape index (κ1) is 24.0. The summed E-state index contributed by atoms with van der Waals surface area (Å²) in [6, 6.07) is 21.1. The summed E-state index contributed by atoms with van der Waals surface area (Å²) >= 11 is 0. The molecule has 0 radical (unpaired) electrons. The Bertz CT molecular complexity index is 1150. The van der Waals surface area contributed by atoms with Crippen LogP contribution in [0.4, 0.5) is 10.5 Å². The normalized spacial score (nSPS) is 11.2. The van der Waals surface area contributed by atoms with Crippen LogP contribution < -0.4 is 22.1 Å². The fourth-order valence-corrected chi connectivity index (χ4v) is 3.18. The van der Waals surface area contributed by atoms with Gasteiger partial charge in [-0.1, -0.05) is 60.7 Å². The van der Waals surface area contributed by atoms with E-state index < -0.39 is 29.9 Å². The highest BCUT2D eigenvalue weighted by molar-refractivity contribution is 6.03. The van der Waals surface area contributed by atoms with Crippen LogP contribution in [-0.2, 0) is 22.6 Å². The number of anilines is 1. The van der Waals surface area contributed by atoms with E-state index >= 15 is 0 Å².